The molecule has 1 amide bonds. The highest BCUT2D eigenvalue weighted by Crippen LogP contribution is 2.25. The fourth-order valence-electron chi connectivity index (χ4n) is 1.82. The highest BCUT2D eigenvalue weighted by molar-refractivity contribution is 6.07. The van der Waals surface area contributed by atoms with Crippen LogP contribution in [0, 0.1) is 22.9 Å². The van der Waals surface area contributed by atoms with Crippen molar-refractivity contribution in [3.63, 3.8) is 0 Å². The Labute approximate surface area is 118 Å². The van der Waals surface area contributed by atoms with Gasteiger partial charge in [-0.05, 0) is 13.0 Å². The normalized spacial score (nSPS) is 10.4. The van der Waals surface area contributed by atoms with E-state index in [0.29, 0.717) is 17.4 Å². The summed E-state index contributed by atoms with van der Waals surface area (Å²) in [6, 6.07) is 1.56. The molecule has 0 aliphatic heterocycles. The smallest absolute Gasteiger partial charge is 0.285 e. The summed E-state index contributed by atoms with van der Waals surface area (Å²) in [5.41, 5.74) is 5.00. The number of nitro groups is 1. The summed E-state index contributed by atoms with van der Waals surface area (Å²) in [5.74, 6) is -1.71. The quantitative estimate of drug-likeness (QED) is 0.506. The number of nitrogens with two attached hydrogens (primary N) is 1. The molecule has 110 valence electrons. The third-order valence-corrected chi connectivity index (χ3v) is 2.82. The van der Waals surface area contributed by atoms with Crippen LogP contribution in [-0.4, -0.2) is 20.6 Å². The molecule has 3 N–H and O–H groups in total. The molecule has 21 heavy (non-hydrogen) atoms. The number of hydrogen-bond acceptors (Lipinski definition) is 5. The summed E-state index contributed by atoms with van der Waals surface area (Å²) in [6.45, 7) is 1.67. The number of nitro benzene ring substituents is 1. The number of halogens is 1. The molecule has 1 heterocycles. The lowest BCUT2D eigenvalue weighted by atomic mass is 10.1. The van der Waals surface area contributed by atoms with Crippen LogP contribution in [-0.2, 0) is 7.05 Å². The van der Waals surface area contributed by atoms with E-state index >= 15 is 0 Å². The first-order valence-electron chi connectivity index (χ1n) is 5.84. The lowest BCUT2D eigenvalue weighted by Gasteiger charge is -2.06. The van der Waals surface area contributed by atoms with Crippen LogP contribution in [0.5, 0.6) is 0 Å². The molecule has 0 spiro atoms. The monoisotopic (exact) mass is 293 g/mol. The van der Waals surface area contributed by atoms with E-state index in [1.54, 1.807) is 20.2 Å². The van der Waals surface area contributed by atoms with Gasteiger partial charge in [-0.2, -0.15) is 5.10 Å². The number of anilines is 2. The molecule has 2 aromatic rings. The molecule has 0 atom stereocenters. The van der Waals surface area contributed by atoms with E-state index < -0.39 is 22.3 Å². The molecule has 8 nitrogen and oxygen atoms in total. The van der Waals surface area contributed by atoms with E-state index in [4.69, 9.17) is 5.73 Å². The van der Waals surface area contributed by atoms with Gasteiger partial charge in [-0.1, -0.05) is 0 Å². The van der Waals surface area contributed by atoms with Crippen molar-refractivity contribution in [1.82, 2.24) is 9.78 Å². The molecule has 1 aromatic heterocycles. The van der Waals surface area contributed by atoms with Crippen molar-refractivity contribution < 1.29 is 14.1 Å². The zero-order chi connectivity index (χ0) is 15.7. The number of aryl methyl sites for hydroxylation is 2. The second-order valence-corrected chi connectivity index (χ2v) is 4.40. The number of nitrogen functional groups attached to an aromatic ring is 1. The van der Waals surface area contributed by atoms with Gasteiger partial charge in [0, 0.05) is 13.2 Å². The maximum absolute atomic E-state index is 13.3. The fraction of sp³-hybridized carbons (Fsp3) is 0.167. The number of hydrogen-bond donors (Lipinski definition) is 2. The van der Waals surface area contributed by atoms with Crippen LogP contribution in [0.15, 0.2) is 18.3 Å². The first-order valence-corrected chi connectivity index (χ1v) is 5.84. The van der Waals surface area contributed by atoms with Gasteiger partial charge in [0.1, 0.15) is 5.56 Å². The lowest BCUT2D eigenvalue weighted by Crippen LogP contribution is -2.15. The number of nitrogens with zero attached hydrogens (tertiary/aromatic N) is 3. The van der Waals surface area contributed by atoms with Crippen LogP contribution < -0.4 is 11.1 Å². The molecule has 0 aliphatic rings. The zero-order valence-corrected chi connectivity index (χ0v) is 11.3. The molecule has 0 radical (unpaired) electrons. The van der Waals surface area contributed by atoms with Gasteiger partial charge in [0.15, 0.2) is 5.82 Å². The minimum Gasteiger partial charge on any atom is -0.396 e. The van der Waals surface area contributed by atoms with Gasteiger partial charge < -0.3 is 11.1 Å². The first-order chi connectivity index (χ1) is 9.79. The van der Waals surface area contributed by atoms with E-state index in [2.05, 4.69) is 10.4 Å². The van der Waals surface area contributed by atoms with Crippen molar-refractivity contribution in [2.75, 3.05) is 11.1 Å². The van der Waals surface area contributed by atoms with E-state index in [0.717, 1.165) is 6.07 Å². The fourth-order valence-corrected chi connectivity index (χ4v) is 1.82. The number of carbonyl (C=O) groups excluding carboxylic acids is 1. The topological polar surface area (TPSA) is 116 Å². The summed E-state index contributed by atoms with van der Waals surface area (Å²) in [7, 11) is 1.67. The molecule has 9 heteroatoms. The number of carbonyl (C=O) groups is 1. The summed E-state index contributed by atoms with van der Waals surface area (Å²) in [6.07, 6.45) is 1.55. The van der Waals surface area contributed by atoms with E-state index in [-0.39, 0.29) is 11.3 Å². The van der Waals surface area contributed by atoms with Gasteiger partial charge in [0.25, 0.3) is 11.6 Å². The Balaban J connectivity index is 2.41. The van der Waals surface area contributed by atoms with Crippen molar-refractivity contribution in [1.29, 1.82) is 0 Å². The molecule has 0 aliphatic carbocycles. The summed E-state index contributed by atoms with van der Waals surface area (Å²) < 4.78 is 14.8. The van der Waals surface area contributed by atoms with Gasteiger partial charge in [0.2, 0.25) is 0 Å². The average Bonchev–Trinajstić information content (AvgIpc) is 2.70. The molecule has 2 rings (SSSR count). The summed E-state index contributed by atoms with van der Waals surface area (Å²) in [4.78, 5) is 22.2. The van der Waals surface area contributed by atoms with Crippen molar-refractivity contribution in [3.05, 3.63) is 45.5 Å². The number of nitrogens with one attached hydrogen (secondary N) is 1. The Kier molecular flexibility index (Phi) is 3.57. The molecule has 0 saturated carbocycles. The van der Waals surface area contributed by atoms with Crippen LogP contribution in [0.3, 0.4) is 0 Å². The number of benzene rings is 1. The Hall–Kier alpha value is -2.97. The molecule has 0 fully saturated rings. The van der Waals surface area contributed by atoms with Crippen molar-refractivity contribution >= 4 is 23.0 Å². The zero-order valence-electron chi connectivity index (χ0n) is 11.3. The predicted octanol–water partition coefficient (Wildman–Crippen LogP) is 1.61. The van der Waals surface area contributed by atoms with E-state index in [9.17, 15) is 19.3 Å². The van der Waals surface area contributed by atoms with Gasteiger partial charge in [-0.25, -0.2) is 4.39 Å². The number of aromatic nitrogens is 2. The SMILES string of the molecule is Cc1nn(C)cc1NC(=O)c1cc(N)c(F)cc1[N+](=O)[O-]. The Morgan fingerprint density at radius 2 is 2.19 bits per heavy atom. The summed E-state index contributed by atoms with van der Waals surface area (Å²) in [5, 5.41) is 17.4. The highest BCUT2D eigenvalue weighted by atomic mass is 19.1. The second kappa shape index (κ2) is 5.19. The van der Waals surface area contributed by atoms with Crippen molar-refractivity contribution in [3.8, 4) is 0 Å². The maximum atomic E-state index is 13.3. The number of rotatable bonds is 3. The third-order valence-electron chi connectivity index (χ3n) is 2.82. The predicted molar refractivity (Wildman–Crippen MR) is 73.4 cm³/mol. The van der Waals surface area contributed by atoms with E-state index in [1.165, 1.54) is 4.68 Å². The average molecular weight is 293 g/mol. The Bertz CT molecular complexity index is 741. The van der Waals surface area contributed by atoms with E-state index in [1.807, 2.05) is 0 Å². The lowest BCUT2D eigenvalue weighted by molar-refractivity contribution is -0.385. The Morgan fingerprint density at radius 3 is 2.71 bits per heavy atom. The third kappa shape index (κ3) is 2.81. The van der Waals surface area contributed by atoms with Crippen LogP contribution in [0.1, 0.15) is 16.1 Å². The molecule has 1 aromatic carbocycles. The molecule has 0 unspecified atom stereocenters. The van der Waals surface area contributed by atoms with Crippen LogP contribution >= 0.6 is 0 Å². The van der Waals surface area contributed by atoms with Crippen molar-refractivity contribution in [2.45, 2.75) is 6.92 Å². The number of amides is 1. The molecular formula is C12H12FN5O3. The standard InChI is InChI=1S/C12H12FN5O3/c1-6-10(5-17(2)16-6)15-12(19)7-3-9(14)8(13)4-11(7)18(20)21/h3-5H,14H2,1-2H3,(H,15,19). The molecule has 0 bridgehead atoms. The second-order valence-electron chi connectivity index (χ2n) is 4.40. The van der Waals surface area contributed by atoms with Crippen LogP contribution in [0.25, 0.3) is 0 Å². The van der Waals surface area contributed by atoms with Crippen LogP contribution in [0.2, 0.25) is 0 Å². The van der Waals surface area contributed by atoms with Gasteiger partial charge >= 0.3 is 0 Å². The molecule has 0 saturated heterocycles. The maximum Gasteiger partial charge on any atom is 0.285 e. The van der Waals surface area contributed by atoms with Gasteiger partial charge in [-0.15, -0.1) is 0 Å². The minimum absolute atomic E-state index is 0.317. The summed E-state index contributed by atoms with van der Waals surface area (Å²) >= 11 is 0. The molecular weight excluding hydrogens is 281 g/mol. The largest absolute Gasteiger partial charge is 0.396 e. The first kappa shape index (κ1) is 14.4. The van der Waals surface area contributed by atoms with Crippen molar-refractivity contribution in [2.24, 2.45) is 7.05 Å². The Morgan fingerprint density at radius 1 is 1.52 bits per heavy atom. The van der Waals surface area contributed by atoms with Gasteiger partial charge in [0.05, 0.1) is 28.1 Å². The van der Waals surface area contributed by atoms with Crippen LogP contribution in [0.4, 0.5) is 21.5 Å². The van der Waals surface area contributed by atoms with Gasteiger partial charge in [-0.3, -0.25) is 19.6 Å². The highest BCUT2D eigenvalue weighted by Gasteiger charge is 2.23. The minimum atomic E-state index is -0.948.